The molecule has 3 aromatic heterocycles. The molecule has 1 saturated carbocycles. The van der Waals surface area contributed by atoms with Crippen LogP contribution in [0.3, 0.4) is 0 Å². The van der Waals surface area contributed by atoms with E-state index < -0.39 is 35.0 Å². The summed E-state index contributed by atoms with van der Waals surface area (Å²) in [5.41, 5.74) is 0.571. The summed E-state index contributed by atoms with van der Waals surface area (Å²) in [5, 5.41) is 13.8. The number of carbonyl (C=O) groups excluding carboxylic acids is 2. The normalized spacial score (nSPS) is 27.6. The van der Waals surface area contributed by atoms with Gasteiger partial charge >= 0.3 is 12.0 Å². The molecule has 4 aliphatic heterocycles. The Hall–Kier alpha value is -4.17. The number of halogens is 3. The lowest BCUT2D eigenvalue weighted by Gasteiger charge is -2.39. The maximum atomic E-state index is 17.0. The molecule has 9 rings (SSSR count). The van der Waals surface area contributed by atoms with Crippen LogP contribution in [0, 0.1) is 5.82 Å². The largest absolute Gasteiger partial charge is 0.461 e. The summed E-state index contributed by atoms with van der Waals surface area (Å²) >= 11 is 6.77. The zero-order valence-corrected chi connectivity index (χ0v) is 26.2. The molecule has 244 valence electrons. The first-order chi connectivity index (χ1) is 22.7. The number of benzene rings is 1. The fourth-order valence-electron chi connectivity index (χ4n) is 8.30. The molecule has 1 aromatic carbocycles. The van der Waals surface area contributed by atoms with Gasteiger partial charge in [0.15, 0.2) is 5.82 Å². The Morgan fingerprint density at radius 3 is 2.77 bits per heavy atom. The average molecular weight is 664 g/mol. The molecule has 3 N–H and O–H groups in total. The van der Waals surface area contributed by atoms with E-state index in [1.807, 2.05) is 11.0 Å². The monoisotopic (exact) mass is 663 g/mol. The molecular weight excluding hydrogens is 632 g/mol. The van der Waals surface area contributed by atoms with Crippen molar-refractivity contribution in [1.29, 1.82) is 0 Å². The second-order valence-electron chi connectivity index (χ2n) is 13.6. The van der Waals surface area contributed by atoms with Gasteiger partial charge in [0.25, 0.3) is 5.91 Å². The van der Waals surface area contributed by atoms with Crippen molar-refractivity contribution in [2.45, 2.75) is 68.1 Å². The van der Waals surface area contributed by atoms with Crippen LogP contribution in [0.5, 0.6) is 6.01 Å². The SMILES string of the molecule is O=C1NC(=O)[C@]2(CCCN(c3nc(OC[C@@]45CCCN4C[C@H](F)C5)nc4c(F)c(-c5c(C6CC6)c(Cl)cc6[nH]ncc56)ncc34)C2)N1. The Morgan fingerprint density at radius 1 is 1.11 bits per heavy atom. The van der Waals surface area contributed by atoms with Gasteiger partial charge in [0.1, 0.15) is 35.3 Å². The molecule has 0 radical (unpaired) electrons. The van der Waals surface area contributed by atoms with E-state index in [4.69, 9.17) is 21.3 Å². The highest BCUT2D eigenvalue weighted by atomic mass is 35.5. The van der Waals surface area contributed by atoms with Gasteiger partial charge in [-0.1, -0.05) is 11.6 Å². The number of urea groups is 1. The Balaban J connectivity index is 1.18. The lowest BCUT2D eigenvalue weighted by molar-refractivity contribution is -0.124. The Labute approximate surface area is 272 Å². The topological polar surface area (TPSA) is 141 Å². The number of rotatable bonds is 6. The molecule has 15 heteroatoms. The van der Waals surface area contributed by atoms with Crippen LogP contribution in [0.1, 0.15) is 56.4 Å². The summed E-state index contributed by atoms with van der Waals surface area (Å²) in [6.07, 6.45) is 7.26. The molecule has 5 fully saturated rings. The fourth-order valence-corrected chi connectivity index (χ4v) is 8.66. The van der Waals surface area contributed by atoms with E-state index in [1.54, 1.807) is 12.4 Å². The van der Waals surface area contributed by atoms with Gasteiger partial charge in [-0.15, -0.1) is 0 Å². The van der Waals surface area contributed by atoms with Gasteiger partial charge < -0.3 is 15.0 Å². The van der Waals surface area contributed by atoms with Crippen molar-refractivity contribution < 1.29 is 23.1 Å². The van der Waals surface area contributed by atoms with Gasteiger partial charge in [-0.3, -0.25) is 25.1 Å². The van der Waals surface area contributed by atoms with Crippen LogP contribution < -0.4 is 20.3 Å². The number of imide groups is 1. The van der Waals surface area contributed by atoms with Crippen LogP contribution in [0.2, 0.25) is 5.02 Å². The summed E-state index contributed by atoms with van der Waals surface area (Å²) in [6, 6.07) is 1.22. The highest BCUT2D eigenvalue weighted by molar-refractivity contribution is 6.33. The highest BCUT2D eigenvalue weighted by Crippen LogP contribution is 2.50. The number of aromatic nitrogens is 5. The summed E-state index contributed by atoms with van der Waals surface area (Å²) in [7, 11) is 0. The summed E-state index contributed by atoms with van der Waals surface area (Å²) < 4.78 is 37.8. The van der Waals surface area contributed by atoms with Crippen LogP contribution in [0.15, 0.2) is 18.5 Å². The van der Waals surface area contributed by atoms with Gasteiger partial charge in [0.05, 0.1) is 29.2 Å². The van der Waals surface area contributed by atoms with E-state index in [1.165, 1.54) is 0 Å². The Bertz CT molecular complexity index is 1990. The van der Waals surface area contributed by atoms with E-state index in [2.05, 4.69) is 35.7 Å². The number of nitrogens with zero attached hydrogens (tertiary/aromatic N) is 6. The fraction of sp³-hybridized carbons (Fsp3) is 0.500. The second kappa shape index (κ2) is 10.4. The maximum Gasteiger partial charge on any atom is 0.322 e. The van der Waals surface area contributed by atoms with Crippen molar-refractivity contribution in [2.75, 3.05) is 37.7 Å². The highest BCUT2D eigenvalue weighted by Gasteiger charge is 2.51. The number of pyridine rings is 1. The number of fused-ring (bicyclic) bond motifs is 3. The van der Waals surface area contributed by atoms with Crippen molar-refractivity contribution in [3.63, 3.8) is 0 Å². The second-order valence-corrected chi connectivity index (χ2v) is 14.1. The van der Waals surface area contributed by atoms with Crippen molar-refractivity contribution in [3.8, 4) is 17.3 Å². The molecule has 4 aromatic rings. The van der Waals surface area contributed by atoms with Crippen LogP contribution in [0.25, 0.3) is 33.1 Å². The van der Waals surface area contributed by atoms with Crippen molar-refractivity contribution in [1.82, 2.24) is 40.7 Å². The number of ether oxygens (including phenoxy) is 1. The van der Waals surface area contributed by atoms with E-state index >= 15 is 4.39 Å². The van der Waals surface area contributed by atoms with Crippen molar-refractivity contribution in [2.24, 2.45) is 0 Å². The van der Waals surface area contributed by atoms with Gasteiger partial charge in [0, 0.05) is 41.7 Å². The average Bonchev–Trinajstić information content (AvgIpc) is 3.36. The first kappa shape index (κ1) is 29.0. The predicted molar refractivity (Wildman–Crippen MR) is 169 cm³/mol. The van der Waals surface area contributed by atoms with E-state index in [0.29, 0.717) is 65.0 Å². The Morgan fingerprint density at radius 2 is 1.96 bits per heavy atom. The number of nitrogens with one attached hydrogen (secondary N) is 3. The first-order valence-electron chi connectivity index (χ1n) is 16.2. The predicted octanol–water partition coefficient (Wildman–Crippen LogP) is 4.37. The molecular formula is C32H32ClF2N9O3. The standard InChI is InChI=1S/C32H32ClF2N9O3/c33-20-9-21-18(12-37-42-21)23(22(20)16-3-4-16)26-24(35)25-19(11-36-26)27(43-7-2-6-32(14-43)28(45)40-29(46)41-32)39-30(38-25)47-15-31-5-1-8-44(31)13-17(34)10-31/h9,11-12,16-17H,1-8,10,13-15H2,(H,37,42)(H2,40,41,45,46)/t17-,31+,32-/m1/s1. The minimum absolute atomic E-state index is 0.00321. The lowest BCUT2D eigenvalue weighted by atomic mass is 9.89. The number of aromatic amines is 1. The zero-order valence-electron chi connectivity index (χ0n) is 25.4. The van der Waals surface area contributed by atoms with Crippen molar-refractivity contribution in [3.05, 3.63) is 34.9 Å². The molecule has 47 heavy (non-hydrogen) atoms. The number of hydrogen-bond acceptors (Lipinski definition) is 9. The number of hydrogen-bond donors (Lipinski definition) is 3. The third-order valence-corrected chi connectivity index (χ3v) is 11.0. The van der Waals surface area contributed by atoms with Crippen LogP contribution >= 0.6 is 11.6 Å². The number of anilines is 1. The third kappa shape index (κ3) is 4.55. The van der Waals surface area contributed by atoms with Gasteiger partial charge in [-0.05, 0) is 62.6 Å². The summed E-state index contributed by atoms with van der Waals surface area (Å²) in [4.78, 5) is 43.1. The van der Waals surface area contributed by atoms with Crippen molar-refractivity contribution >= 4 is 51.2 Å². The third-order valence-electron chi connectivity index (χ3n) is 10.6. The molecule has 3 amide bonds. The Kier molecular flexibility index (Phi) is 6.43. The van der Waals surface area contributed by atoms with Gasteiger partial charge in [0.2, 0.25) is 0 Å². The molecule has 0 unspecified atom stereocenters. The minimum Gasteiger partial charge on any atom is -0.461 e. The maximum absolute atomic E-state index is 17.0. The number of piperidine rings is 1. The summed E-state index contributed by atoms with van der Waals surface area (Å²) in [6.45, 7) is 1.95. The molecule has 12 nitrogen and oxygen atoms in total. The number of H-pyrrole nitrogens is 1. The molecule has 7 heterocycles. The first-order valence-corrected chi connectivity index (χ1v) is 16.5. The van der Waals surface area contributed by atoms with E-state index in [-0.39, 0.29) is 36.3 Å². The summed E-state index contributed by atoms with van der Waals surface area (Å²) in [5.74, 6) is -0.542. The lowest BCUT2D eigenvalue weighted by Crippen LogP contribution is -2.58. The molecule has 1 aliphatic carbocycles. The van der Waals surface area contributed by atoms with Crippen LogP contribution in [0.4, 0.5) is 19.4 Å². The number of alkyl halides is 1. The molecule has 5 aliphatic rings. The van der Waals surface area contributed by atoms with Crippen LogP contribution in [-0.2, 0) is 4.79 Å². The number of carbonyl (C=O) groups is 2. The van der Waals surface area contributed by atoms with E-state index in [9.17, 15) is 14.0 Å². The van der Waals surface area contributed by atoms with Gasteiger partial charge in [-0.2, -0.15) is 15.1 Å². The smallest absolute Gasteiger partial charge is 0.322 e. The molecule has 0 bridgehead atoms. The number of amides is 3. The van der Waals surface area contributed by atoms with E-state index in [0.717, 1.165) is 37.8 Å². The quantitative estimate of drug-likeness (QED) is 0.257. The van der Waals surface area contributed by atoms with Crippen LogP contribution in [-0.4, -0.2) is 92.0 Å². The minimum atomic E-state index is -1.14. The van der Waals surface area contributed by atoms with Gasteiger partial charge in [-0.25, -0.2) is 13.6 Å². The molecule has 1 spiro atoms. The zero-order chi connectivity index (χ0) is 32.1. The molecule has 3 atom stereocenters. The molecule has 4 saturated heterocycles.